The van der Waals surface area contributed by atoms with Crippen molar-refractivity contribution in [2.45, 2.75) is 58.0 Å². The molecule has 2 bridgehead atoms. The van der Waals surface area contributed by atoms with Gasteiger partial charge < -0.3 is 19.4 Å². The van der Waals surface area contributed by atoms with Crippen molar-refractivity contribution >= 4 is 22.6 Å². The molecule has 6 heteroatoms. The Morgan fingerprint density at radius 3 is 2.68 bits per heavy atom. The van der Waals surface area contributed by atoms with E-state index < -0.39 is 5.60 Å². The van der Waals surface area contributed by atoms with Crippen molar-refractivity contribution in [3.05, 3.63) is 66.0 Å². The molecule has 0 unspecified atom stereocenters. The van der Waals surface area contributed by atoms with Crippen LogP contribution < -0.4 is 4.74 Å². The van der Waals surface area contributed by atoms with Gasteiger partial charge in [0.15, 0.2) is 0 Å². The second kappa shape index (κ2) is 11.3. The fraction of sp³-hybridized carbons (Fsp3) is 0.500. The van der Waals surface area contributed by atoms with Crippen LogP contribution >= 0.6 is 0 Å². The first-order chi connectivity index (χ1) is 18.4. The maximum Gasteiger partial charge on any atom is 0.308 e. The Morgan fingerprint density at radius 2 is 1.97 bits per heavy atom. The third kappa shape index (κ3) is 5.65. The minimum atomic E-state index is -0.408. The largest absolute Gasteiger partial charge is 0.497 e. The van der Waals surface area contributed by atoms with Gasteiger partial charge in [0.05, 0.1) is 24.1 Å². The first-order valence-corrected chi connectivity index (χ1v) is 14.1. The lowest BCUT2D eigenvalue weighted by Gasteiger charge is -2.50. The summed E-state index contributed by atoms with van der Waals surface area (Å²) in [6.07, 6.45) is 8.38. The van der Waals surface area contributed by atoms with E-state index in [4.69, 9.17) is 14.5 Å². The van der Waals surface area contributed by atoms with Crippen LogP contribution in [0.1, 0.15) is 57.3 Å². The maximum absolute atomic E-state index is 12.9. The molecule has 3 aliphatic rings. The Morgan fingerprint density at radius 1 is 1.16 bits per heavy atom. The van der Waals surface area contributed by atoms with Crippen molar-refractivity contribution in [3.63, 3.8) is 0 Å². The van der Waals surface area contributed by atoms with Gasteiger partial charge in [0.25, 0.3) is 0 Å². The number of fused-ring (bicyclic) bond motifs is 3. The molecule has 0 saturated heterocycles. The number of methoxy groups -OCH3 is 1. The summed E-state index contributed by atoms with van der Waals surface area (Å²) in [6, 6.07) is 16.6. The molecule has 1 saturated carbocycles. The van der Waals surface area contributed by atoms with Crippen LogP contribution in [0.4, 0.5) is 0 Å². The number of ether oxygens (including phenoxy) is 2. The Bertz CT molecular complexity index is 1280. The number of carbonyl (C=O) groups is 1. The highest BCUT2D eigenvalue weighted by Gasteiger charge is 2.50. The maximum atomic E-state index is 12.9. The molecule has 3 aromatic rings. The van der Waals surface area contributed by atoms with Gasteiger partial charge in [0.2, 0.25) is 0 Å². The Labute approximate surface area is 226 Å². The molecular formula is C32H41N3O3. The number of esters is 1. The van der Waals surface area contributed by atoms with E-state index in [9.17, 15) is 4.79 Å². The summed E-state index contributed by atoms with van der Waals surface area (Å²) < 4.78 is 11.7. The summed E-state index contributed by atoms with van der Waals surface area (Å²) >= 11 is 0. The molecule has 3 aliphatic carbocycles. The summed E-state index contributed by atoms with van der Waals surface area (Å²) in [5, 5.41) is 0. The molecule has 6 rings (SSSR count). The minimum absolute atomic E-state index is 0.0728. The number of nitrogens with zero attached hydrogens (tertiary/aromatic N) is 2. The molecule has 38 heavy (non-hydrogen) atoms. The molecule has 2 aromatic carbocycles. The molecule has 6 nitrogen and oxygen atoms in total. The standard InChI is InChI=1S/C32H41N3O3/c1-22(2)31(36)38-32(21-24-12-13-25(32)19-27(24)23-9-6-5-7-10-23)16-18-35(3)17-8-11-30-33-28-15-14-26(37-4)20-29(28)34-30/h5-7,9-10,14-15,19-20,22,24-25H,8,11-13,16-18,21H2,1-4H3,(H,33,34)/t24-,25-,32+/m0/s1. The van der Waals surface area contributed by atoms with E-state index in [0.29, 0.717) is 5.92 Å². The van der Waals surface area contributed by atoms with Gasteiger partial charge in [-0.15, -0.1) is 0 Å². The fourth-order valence-electron chi connectivity index (χ4n) is 6.20. The molecular weight excluding hydrogens is 474 g/mol. The summed E-state index contributed by atoms with van der Waals surface area (Å²) in [4.78, 5) is 23.4. The Kier molecular flexibility index (Phi) is 7.89. The SMILES string of the molecule is COc1ccc2nc(CCCN(C)CC[C@@]3(OC(=O)C(C)C)C[C@@H]4CC[C@H]3C=C4c3ccccc3)[nH]c2c1. The monoisotopic (exact) mass is 515 g/mol. The topological polar surface area (TPSA) is 67.5 Å². The molecule has 1 aromatic heterocycles. The molecule has 1 heterocycles. The number of allylic oxidation sites excluding steroid dienone is 1. The van der Waals surface area contributed by atoms with E-state index in [1.54, 1.807) is 7.11 Å². The van der Waals surface area contributed by atoms with E-state index in [1.807, 2.05) is 32.0 Å². The first-order valence-electron chi connectivity index (χ1n) is 14.1. The van der Waals surface area contributed by atoms with Crippen LogP contribution in [0.3, 0.4) is 0 Å². The van der Waals surface area contributed by atoms with Crippen molar-refractivity contribution in [2.75, 3.05) is 27.2 Å². The predicted molar refractivity (Wildman–Crippen MR) is 152 cm³/mol. The number of nitrogens with one attached hydrogen (secondary N) is 1. The zero-order valence-electron chi connectivity index (χ0n) is 23.2. The summed E-state index contributed by atoms with van der Waals surface area (Å²) in [7, 11) is 3.85. The van der Waals surface area contributed by atoms with E-state index in [0.717, 1.165) is 67.8 Å². The predicted octanol–water partition coefficient (Wildman–Crippen LogP) is 6.28. The number of aromatic nitrogens is 2. The third-order valence-corrected chi connectivity index (χ3v) is 8.40. The Hall–Kier alpha value is -3.12. The number of carbonyl (C=O) groups excluding carboxylic acids is 1. The van der Waals surface area contributed by atoms with E-state index in [2.05, 4.69) is 53.3 Å². The van der Waals surface area contributed by atoms with Gasteiger partial charge in [-0.25, -0.2) is 4.98 Å². The normalized spacial score (nSPS) is 22.7. The van der Waals surface area contributed by atoms with Gasteiger partial charge >= 0.3 is 5.97 Å². The number of imidazole rings is 1. The lowest BCUT2D eigenvalue weighted by molar-refractivity contribution is -0.176. The van der Waals surface area contributed by atoms with Crippen molar-refractivity contribution in [3.8, 4) is 5.75 Å². The number of hydrogen-bond acceptors (Lipinski definition) is 5. The van der Waals surface area contributed by atoms with Crippen molar-refractivity contribution in [1.29, 1.82) is 0 Å². The quantitative estimate of drug-likeness (QED) is 0.305. The van der Waals surface area contributed by atoms with Crippen LogP contribution in [0.5, 0.6) is 5.75 Å². The van der Waals surface area contributed by atoms with Crippen molar-refractivity contribution in [2.24, 2.45) is 17.8 Å². The molecule has 3 atom stereocenters. The zero-order valence-corrected chi connectivity index (χ0v) is 23.2. The van der Waals surface area contributed by atoms with Gasteiger partial charge in [-0.3, -0.25) is 4.79 Å². The first kappa shape index (κ1) is 26.5. The lowest BCUT2D eigenvalue weighted by atomic mass is 9.60. The van der Waals surface area contributed by atoms with E-state index in [1.165, 1.54) is 17.6 Å². The molecule has 1 fully saturated rings. The number of H-pyrrole nitrogens is 1. The lowest BCUT2D eigenvalue weighted by Crippen LogP contribution is -2.51. The molecule has 0 aliphatic heterocycles. The van der Waals surface area contributed by atoms with Crippen LogP contribution in [-0.2, 0) is 16.0 Å². The minimum Gasteiger partial charge on any atom is -0.497 e. The number of benzene rings is 2. The van der Waals surface area contributed by atoms with E-state index in [-0.39, 0.29) is 17.8 Å². The van der Waals surface area contributed by atoms with Gasteiger partial charge in [-0.1, -0.05) is 50.3 Å². The highest BCUT2D eigenvalue weighted by Crippen LogP contribution is 2.53. The average Bonchev–Trinajstić information content (AvgIpc) is 3.34. The second-order valence-electron chi connectivity index (χ2n) is 11.4. The second-order valence-corrected chi connectivity index (χ2v) is 11.4. The number of aryl methyl sites for hydroxylation is 1. The van der Waals surface area contributed by atoms with Crippen LogP contribution in [0, 0.1) is 17.8 Å². The number of hydrogen-bond donors (Lipinski definition) is 1. The smallest absolute Gasteiger partial charge is 0.308 e. The fourth-order valence-corrected chi connectivity index (χ4v) is 6.20. The van der Waals surface area contributed by atoms with Crippen LogP contribution in [0.2, 0.25) is 0 Å². The van der Waals surface area contributed by atoms with Gasteiger partial charge in [0, 0.05) is 31.4 Å². The zero-order chi connectivity index (χ0) is 26.7. The Balaban J connectivity index is 1.22. The third-order valence-electron chi connectivity index (χ3n) is 8.40. The average molecular weight is 516 g/mol. The highest BCUT2D eigenvalue weighted by atomic mass is 16.6. The molecule has 0 spiro atoms. The van der Waals surface area contributed by atoms with Crippen LogP contribution in [-0.4, -0.2) is 53.7 Å². The summed E-state index contributed by atoms with van der Waals surface area (Å²) in [6.45, 7) is 5.74. The summed E-state index contributed by atoms with van der Waals surface area (Å²) in [5.41, 5.74) is 4.33. The molecule has 1 N–H and O–H groups in total. The van der Waals surface area contributed by atoms with Gasteiger partial charge in [-0.2, -0.15) is 0 Å². The number of rotatable bonds is 11. The van der Waals surface area contributed by atoms with Crippen molar-refractivity contribution in [1.82, 2.24) is 14.9 Å². The van der Waals surface area contributed by atoms with E-state index >= 15 is 0 Å². The number of aromatic amines is 1. The molecule has 0 radical (unpaired) electrons. The summed E-state index contributed by atoms with van der Waals surface area (Å²) in [5.74, 6) is 2.36. The van der Waals surface area contributed by atoms with Crippen molar-refractivity contribution < 1.29 is 14.3 Å². The van der Waals surface area contributed by atoms with Crippen LogP contribution in [0.15, 0.2) is 54.6 Å². The molecule has 0 amide bonds. The van der Waals surface area contributed by atoms with Crippen LogP contribution in [0.25, 0.3) is 16.6 Å². The van der Waals surface area contributed by atoms with Gasteiger partial charge in [0.1, 0.15) is 17.2 Å². The highest BCUT2D eigenvalue weighted by molar-refractivity contribution is 5.77. The van der Waals surface area contributed by atoms with Gasteiger partial charge in [-0.05, 0) is 68.5 Å². The molecule has 202 valence electrons.